The Labute approximate surface area is 131 Å². The quantitative estimate of drug-likeness (QED) is 0.442. The predicted octanol–water partition coefficient (Wildman–Crippen LogP) is 6.00. The van der Waals surface area contributed by atoms with Crippen molar-refractivity contribution >= 4 is 33.6 Å². The van der Waals surface area contributed by atoms with E-state index in [2.05, 4.69) is 66.2 Å². The fourth-order valence-electron chi connectivity index (χ4n) is 2.73. The van der Waals surface area contributed by atoms with Gasteiger partial charge in [-0.25, -0.2) is 0 Å². The number of hydrogen-bond donors (Lipinski definition) is 0. The van der Waals surface area contributed by atoms with Gasteiger partial charge in [0.25, 0.3) is 0 Å². The molecule has 0 aliphatic carbocycles. The van der Waals surface area contributed by atoms with Crippen molar-refractivity contribution in [1.82, 2.24) is 4.98 Å². The Morgan fingerprint density at radius 1 is 0.762 bits per heavy atom. The summed E-state index contributed by atoms with van der Waals surface area (Å²) in [6, 6.07) is 17.0. The summed E-state index contributed by atoms with van der Waals surface area (Å²) in [7, 11) is 0. The molecule has 0 fully saturated rings. The predicted molar refractivity (Wildman–Crippen MR) is 93.1 cm³/mol. The van der Waals surface area contributed by atoms with Crippen LogP contribution in [0.2, 0.25) is 0 Å². The van der Waals surface area contributed by atoms with Crippen LogP contribution in [0.1, 0.15) is 5.69 Å². The van der Waals surface area contributed by atoms with E-state index in [0.717, 1.165) is 11.2 Å². The third-order valence-electron chi connectivity index (χ3n) is 3.61. The van der Waals surface area contributed by atoms with Crippen LogP contribution in [0.4, 0.5) is 0 Å². The van der Waals surface area contributed by atoms with E-state index in [1.54, 1.807) is 22.7 Å². The van der Waals surface area contributed by atoms with Crippen LogP contribution in [0.25, 0.3) is 31.8 Å². The molecule has 1 nitrogen and oxygen atoms in total. The number of pyridine rings is 1. The van der Waals surface area contributed by atoms with Crippen LogP contribution < -0.4 is 0 Å². The van der Waals surface area contributed by atoms with Crippen molar-refractivity contribution in [1.29, 1.82) is 0 Å². The molecular formula is C18H13NS2. The summed E-state index contributed by atoms with van der Waals surface area (Å²) in [5.41, 5.74) is 4.75. The molecular weight excluding hydrogens is 294 g/mol. The topological polar surface area (TPSA) is 12.9 Å². The molecule has 3 heterocycles. The molecule has 0 N–H and O–H groups in total. The number of aryl methyl sites for hydroxylation is 1. The number of hydrogen-bond acceptors (Lipinski definition) is 3. The normalized spacial score (nSPS) is 11.1. The van der Waals surface area contributed by atoms with E-state index in [1.807, 2.05) is 0 Å². The van der Waals surface area contributed by atoms with Crippen molar-refractivity contribution in [3.05, 3.63) is 65.0 Å². The van der Waals surface area contributed by atoms with E-state index in [-0.39, 0.29) is 0 Å². The summed E-state index contributed by atoms with van der Waals surface area (Å²) in [5, 5.41) is 5.49. The van der Waals surface area contributed by atoms with Crippen LogP contribution in [-0.2, 0) is 0 Å². The van der Waals surface area contributed by atoms with E-state index in [4.69, 9.17) is 4.98 Å². The number of aromatic nitrogens is 1. The third kappa shape index (κ3) is 2.09. The Bertz CT molecular complexity index is 891. The van der Waals surface area contributed by atoms with Crippen molar-refractivity contribution in [3.63, 3.8) is 0 Å². The zero-order chi connectivity index (χ0) is 14.2. The average Bonchev–Trinajstić information content (AvgIpc) is 3.19. The van der Waals surface area contributed by atoms with Gasteiger partial charge in [-0.1, -0.05) is 30.3 Å². The van der Waals surface area contributed by atoms with E-state index in [1.165, 1.54) is 26.3 Å². The SMILES string of the molecule is Cc1nc2ccccc2c(-c2cccs2)c1-c1cccs1. The monoisotopic (exact) mass is 307 g/mol. The maximum atomic E-state index is 4.81. The van der Waals surface area contributed by atoms with Crippen molar-refractivity contribution in [3.8, 4) is 20.9 Å². The van der Waals surface area contributed by atoms with Crippen LogP contribution in [0, 0.1) is 6.92 Å². The highest BCUT2D eigenvalue weighted by Gasteiger charge is 2.17. The smallest absolute Gasteiger partial charge is 0.0712 e. The number of para-hydroxylation sites is 1. The first-order chi connectivity index (χ1) is 10.3. The van der Waals surface area contributed by atoms with Gasteiger partial charge in [0.1, 0.15) is 0 Å². The largest absolute Gasteiger partial charge is 0.252 e. The first-order valence-electron chi connectivity index (χ1n) is 6.81. The van der Waals surface area contributed by atoms with Gasteiger partial charge in [-0.15, -0.1) is 22.7 Å². The number of thiophene rings is 2. The summed E-state index contributed by atoms with van der Waals surface area (Å²) < 4.78 is 0. The molecule has 0 saturated heterocycles. The molecule has 1 aromatic carbocycles. The second-order valence-electron chi connectivity index (χ2n) is 4.92. The molecule has 3 heteroatoms. The van der Waals surface area contributed by atoms with Crippen molar-refractivity contribution < 1.29 is 0 Å². The maximum absolute atomic E-state index is 4.81. The van der Waals surface area contributed by atoms with Crippen LogP contribution >= 0.6 is 22.7 Å². The standard InChI is InChI=1S/C18H13NS2/c1-12-17(15-8-4-10-20-15)18(16-9-5-11-21-16)13-6-2-3-7-14(13)19-12/h2-11H,1H3. The lowest BCUT2D eigenvalue weighted by atomic mass is 9.98. The average molecular weight is 307 g/mol. The maximum Gasteiger partial charge on any atom is 0.0712 e. The lowest BCUT2D eigenvalue weighted by Crippen LogP contribution is -1.93. The second kappa shape index (κ2) is 5.10. The van der Waals surface area contributed by atoms with Gasteiger partial charge in [-0.05, 0) is 35.9 Å². The Balaban J connectivity index is 2.17. The molecule has 0 amide bonds. The van der Waals surface area contributed by atoms with Gasteiger partial charge in [0.2, 0.25) is 0 Å². The molecule has 0 unspecified atom stereocenters. The van der Waals surface area contributed by atoms with Gasteiger partial charge in [0.15, 0.2) is 0 Å². The number of benzene rings is 1. The Hall–Kier alpha value is -1.97. The minimum atomic E-state index is 1.07. The lowest BCUT2D eigenvalue weighted by Gasteiger charge is -2.13. The minimum Gasteiger partial charge on any atom is -0.252 e. The molecule has 102 valence electrons. The molecule has 0 bridgehead atoms. The van der Waals surface area contributed by atoms with Crippen LogP contribution in [-0.4, -0.2) is 4.98 Å². The van der Waals surface area contributed by atoms with Gasteiger partial charge in [-0.2, -0.15) is 0 Å². The van der Waals surface area contributed by atoms with Crippen molar-refractivity contribution in [2.24, 2.45) is 0 Å². The Morgan fingerprint density at radius 3 is 2.10 bits per heavy atom. The first-order valence-corrected chi connectivity index (χ1v) is 8.57. The summed E-state index contributed by atoms with van der Waals surface area (Å²) in [6.07, 6.45) is 0. The summed E-state index contributed by atoms with van der Waals surface area (Å²) >= 11 is 3.56. The molecule has 0 radical (unpaired) electrons. The Kier molecular flexibility index (Phi) is 3.09. The minimum absolute atomic E-state index is 1.07. The van der Waals surface area contributed by atoms with Gasteiger partial charge in [0, 0.05) is 32.0 Å². The first kappa shape index (κ1) is 12.7. The molecule has 0 aliphatic rings. The van der Waals surface area contributed by atoms with E-state index in [9.17, 15) is 0 Å². The summed E-state index contributed by atoms with van der Waals surface area (Å²) in [4.78, 5) is 7.41. The molecule has 4 rings (SSSR count). The highest BCUT2D eigenvalue weighted by atomic mass is 32.1. The van der Waals surface area contributed by atoms with E-state index in [0.29, 0.717) is 0 Å². The van der Waals surface area contributed by atoms with Crippen LogP contribution in [0.15, 0.2) is 59.3 Å². The summed E-state index contributed by atoms with van der Waals surface area (Å²) in [6.45, 7) is 2.11. The van der Waals surface area contributed by atoms with Crippen molar-refractivity contribution in [2.75, 3.05) is 0 Å². The molecule has 3 aromatic heterocycles. The molecule has 0 atom stereocenters. The van der Waals surface area contributed by atoms with Gasteiger partial charge in [0.05, 0.1) is 5.52 Å². The van der Waals surface area contributed by atoms with Crippen LogP contribution in [0.5, 0.6) is 0 Å². The zero-order valence-electron chi connectivity index (χ0n) is 11.5. The Morgan fingerprint density at radius 2 is 1.43 bits per heavy atom. The third-order valence-corrected chi connectivity index (χ3v) is 5.38. The highest BCUT2D eigenvalue weighted by Crippen LogP contribution is 2.42. The van der Waals surface area contributed by atoms with Gasteiger partial charge >= 0.3 is 0 Å². The molecule has 4 aromatic rings. The summed E-state index contributed by atoms with van der Waals surface area (Å²) in [5.74, 6) is 0. The fraction of sp³-hybridized carbons (Fsp3) is 0.0556. The lowest BCUT2D eigenvalue weighted by molar-refractivity contribution is 1.26. The molecule has 0 saturated carbocycles. The van der Waals surface area contributed by atoms with E-state index < -0.39 is 0 Å². The van der Waals surface area contributed by atoms with E-state index >= 15 is 0 Å². The molecule has 21 heavy (non-hydrogen) atoms. The number of rotatable bonds is 2. The van der Waals surface area contributed by atoms with Crippen molar-refractivity contribution in [2.45, 2.75) is 6.92 Å². The fourth-order valence-corrected chi connectivity index (χ4v) is 4.35. The van der Waals surface area contributed by atoms with Gasteiger partial charge in [-0.3, -0.25) is 4.98 Å². The second-order valence-corrected chi connectivity index (χ2v) is 6.81. The molecule has 0 aliphatic heterocycles. The van der Waals surface area contributed by atoms with Gasteiger partial charge < -0.3 is 0 Å². The highest BCUT2D eigenvalue weighted by molar-refractivity contribution is 7.14. The number of nitrogens with zero attached hydrogens (tertiary/aromatic N) is 1. The number of fused-ring (bicyclic) bond motifs is 1. The van der Waals surface area contributed by atoms with Crippen LogP contribution in [0.3, 0.4) is 0 Å². The zero-order valence-corrected chi connectivity index (χ0v) is 13.2. The molecule has 0 spiro atoms.